The first-order valence-corrected chi connectivity index (χ1v) is 10.9. The van der Waals surface area contributed by atoms with Crippen LogP contribution in [0.5, 0.6) is 0 Å². The molecular formula is C23H30N4O3. The molecule has 7 nitrogen and oxygen atoms in total. The maximum Gasteiger partial charge on any atom is 0.323 e. The second kappa shape index (κ2) is 9.43. The second-order valence-electron chi connectivity index (χ2n) is 8.24. The van der Waals surface area contributed by atoms with Crippen molar-refractivity contribution in [2.24, 2.45) is 0 Å². The summed E-state index contributed by atoms with van der Waals surface area (Å²) < 4.78 is 6.75. The summed E-state index contributed by atoms with van der Waals surface area (Å²) in [6, 6.07) is 11.5. The normalized spacial score (nSPS) is 20.2. The number of esters is 1. The van der Waals surface area contributed by atoms with Gasteiger partial charge in [0.15, 0.2) is 0 Å². The molecule has 1 aromatic carbocycles. The van der Waals surface area contributed by atoms with E-state index in [0.717, 1.165) is 50.0 Å². The zero-order valence-corrected chi connectivity index (χ0v) is 17.5. The Morgan fingerprint density at radius 1 is 1.10 bits per heavy atom. The average molecular weight is 411 g/mol. The molecule has 0 bridgehead atoms. The van der Waals surface area contributed by atoms with Crippen LogP contribution in [0.2, 0.25) is 0 Å². The largest absolute Gasteiger partial charge is 0.468 e. The second-order valence-corrected chi connectivity index (χ2v) is 8.24. The Morgan fingerprint density at radius 2 is 1.83 bits per heavy atom. The van der Waals surface area contributed by atoms with Crippen LogP contribution in [0, 0.1) is 0 Å². The Kier molecular flexibility index (Phi) is 6.47. The van der Waals surface area contributed by atoms with Crippen LogP contribution in [0.3, 0.4) is 0 Å². The third-order valence-corrected chi connectivity index (χ3v) is 6.20. The van der Waals surface area contributed by atoms with Crippen LogP contribution in [-0.2, 0) is 14.3 Å². The van der Waals surface area contributed by atoms with Crippen LogP contribution in [0.4, 0.5) is 5.82 Å². The zero-order valence-electron chi connectivity index (χ0n) is 17.5. The van der Waals surface area contributed by atoms with Crippen LogP contribution in [0.25, 0.3) is 5.69 Å². The van der Waals surface area contributed by atoms with E-state index in [0.29, 0.717) is 11.7 Å². The van der Waals surface area contributed by atoms with Gasteiger partial charge in [-0.05, 0) is 44.4 Å². The third kappa shape index (κ3) is 4.56. The monoisotopic (exact) mass is 410 g/mol. The van der Waals surface area contributed by atoms with Gasteiger partial charge in [-0.15, -0.1) is 0 Å². The molecule has 1 saturated carbocycles. The SMILES string of the molecule is COC(=O)[C@H]1CCCCN1CC(=O)Nc1cc(C2CCCC2)nn1-c1ccccc1. The first-order chi connectivity index (χ1) is 14.7. The molecule has 2 heterocycles. The lowest BCUT2D eigenvalue weighted by molar-refractivity contribution is -0.148. The standard InChI is InChI=1S/C23H30N4O3/c1-30-23(29)20-13-7-8-14-26(20)16-22(28)24-21-15-19(17-9-5-6-10-17)25-27(21)18-11-3-2-4-12-18/h2-4,11-12,15,17,20H,5-10,13-14,16H2,1H3,(H,24,28)/t20-/m1/s1. The highest BCUT2D eigenvalue weighted by Crippen LogP contribution is 2.35. The Balaban J connectivity index is 1.52. The van der Waals surface area contributed by atoms with E-state index >= 15 is 0 Å². The summed E-state index contributed by atoms with van der Waals surface area (Å²) in [6.45, 7) is 0.886. The smallest absolute Gasteiger partial charge is 0.323 e. The molecule has 2 fully saturated rings. The lowest BCUT2D eigenvalue weighted by Crippen LogP contribution is -2.48. The number of piperidine rings is 1. The number of amides is 1. The molecule has 0 unspecified atom stereocenters. The number of hydrogen-bond donors (Lipinski definition) is 1. The summed E-state index contributed by atoms with van der Waals surface area (Å²) in [5.41, 5.74) is 1.96. The van der Waals surface area contributed by atoms with Crippen LogP contribution in [-0.4, -0.2) is 52.8 Å². The van der Waals surface area contributed by atoms with Gasteiger partial charge in [0.1, 0.15) is 11.9 Å². The summed E-state index contributed by atoms with van der Waals surface area (Å²) in [7, 11) is 1.40. The number of methoxy groups -OCH3 is 1. The molecular weight excluding hydrogens is 380 g/mol. The van der Waals surface area contributed by atoms with Crippen molar-refractivity contribution in [3.05, 3.63) is 42.1 Å². The number of aromatic nitrogens is 2. The number of nitrogens with one attached hydrogen (secondary N) is 1. The van der Waals surface area contributed by atoms with Crippen molar-refractivity contribution >= 4 is 17.7 Å². The maximum absolute atomic E-state index is 12.9. The highest BCUT2D eigenvalue weighted by Gasteiger charge is 2.31. The number of likely N-dealkylation sites (tertiary alicyclic amines) is 1. The molecule has 30 heavy (non-hydrogen) atoms. The van der Waals surface area contributed by atoms with E-state index in [1.807, 2.05) is 46.0 Å². The third-order valence-electron chi connectivity index (χ3n) is 6.20. The number of ether oxygens (including phenoxy) is 1. The molecule has 1 aliphatic heterocycles. The van der Waals surface area contributed by atoms with Crippen molar-refractivity contribution in [2.45, 2.75) is 56.9 Å². The van der Waals surface area contributed by atoms with Crippen molar-refractivity contribution in [3.63, 3.8) is 0 Å². The Labute approximate surface area is 177 Å². The van der Waals surface area contributed by atoms with Gasteiger partial charge >= 0.3 is 5.97 Å². The average Bonchev–Trinajstić information content (AvgIpc) is 3.44. The van der Waals surface area contributed by atoms with Crippen molar-refractivity contribution in [1.82, 2.24) is 14.7 Å². The minimum Gasteiger partial charge on any atom is -0.468 e. The number of anilines is 1. The quantitative estimate of drug-likeness (QED) is 0.738. The van der Waals surface area contributed by atoms with E-state index in [1.165, 1.54) is 20.0 Å². The van der Waals surface area contributed by atoms with Crippen LogP contribution < -0.4 is 5.32 Å². The van der Waals surface area contributed by atoms with Gasteiger partial charge in [-0.1, -0.05) is 37.5 Å². The number of carbonyl (C=O) groups excluding carboxylic acids is 2. The minimum atomic E-state index is -0.345. The molecule has 7 heteroatoms. The lowest BCUT2D eigenvalue weighted by Gasteiger charge is -2.32. The molecule has 1 aromatic heterocycles. The first-order valence-electron chi connectivity index (χ1n) is 10.9. The van der Waals surface area contributed by atoms with E-state index in [4.69, 9.17) is 9.84 Å². The molecule has 1 saturated heterocycles. The predicted octanol–water partition coefficient (Wildman–Crippen LogP) is 3.50. The van der Waals surface area contributed by atoms with Gasteiger partial charge in [-0.25, -0.2) is 4.68 Å². The fraction of sp³-hybridized carbons (Fsp3) is 0.522. The van der Waals surface area contributed by atoms with Gasteiger partial charge in [-0.3, -0.25) is 14.5 Å². The summed E-state index contributed by atoms with van der Waals surface area (Å²) in [6.07, 6.45) is 7.44. The summed E-state index contributed by atoms with van der Waals surface area (Å²) in [5, 5.41) is 7.88. The number of hydrogen-bond acceptors (Lipinski definition) is 5. The van der Waals surface area contributed by atoms with Gasteiger partial charge in [0.2, 0.25) is 5.91 Å². The van der Waals surface area contributed by atoms with Gasteiger partial charge in [-0.2, -0.15) is 5.10 Å². The first kappa shape index (κ1) is 20.6. The van der Waals surface area contributed by atoms with Crippen molar-refractivity contribution in [2.75, 3.05) is 25.5 Å². The van der Waals surface area contributed by atoms with Gasteiger partial charge in [0, 0.05) is 12.0 Å². The number of benzene rings is 1. The molecule has 160 valence electrons. The maximum atomic E-state index is 12.9. The molecule has 1 atom stereocenters. The van der Waals surface area contributed by atoms with Crippen molar-refractivity contribution in [3.8, 4) is 5.69 Å². The topological polar surface area (TPSA) is 76.5 Å². The fourth-order valence-electron chi connectivity index (χ4n) is 4.63. The summed E-state index contributed by atoms with van der Waals surface area (Å²) >= 11 is 0. The van der Waals surface area contributed by atoms with E-state index in [2.05, 4.69) is 5.32 Å². The van der Waals surface area contributed by atoms with E-state index < -0.39 is 0 Å². The molecule has 1 aliphatic carbocycles. The van der Waals surface area contributed by atoms with Crippen LogP contribution in [0.1, 0.15) is 56.6 Å². The molecule has 1 amide bonds. The molecule has 0 radical (unpaired) electrons. The van der Waals surface area contributed by atoms with Gasteiger partial charge in [0.05, 0.1) is 25.0 Å². The molecule has 2 aromatic rings. The van der Waals surface area contributed by atoms with E-state index in [-0.39, 0.29) is 24.5 Å². The highest BCUT2D eigenvalue weighted by molar-refractivity contribution is 5.92. The number of para-hydroxylation sites is 1. The summed E-state index contributed by atoms with van der Waals surface area (Å²) in [5.74, 6) is 0.734. The van der Waals surface area contributed by atoms with Gasteiger partial charge < -0.3 is 10.1 Å². The number of carbonyl (C=O) groups is 2. The van der Waals surface area contributed by atoms with Crippen LogP contribution >= 0.6 is 0 Å². The molecule has 2 aliphatic rings. The molecule has 4 rings (SSSR count). The van der Waals surface area contributed by atoms with Crippen LogP contribution in [0.15, 0.2) is 36.4 Å². The molecule has 0 spiro atoms. The Hall–Kier alpha value is -2.67. The highest BCUT2D eigenvalue weighted by atomic mass is 16.5. The number of rotatable bonds is 6. The van der Waals surface area contributed by atoms with Crippen molar-refractivity contribution in [1.29, 1.82) is 0 Å². The summed E-state index contributed by atoms with van der Waals surface area (Å²) in [4.78, 5) is 26.9. The molecule has 1 N–H and O–H groups in total. The lowest BCUT2D eigenvalue weighted by atomic mass is 10.0. The minimum absolute atomic E-state index is 0.138. The Bertz CT molecular complexity index is 874. The van der Waals surface area contributed by atoms with E-state index in [9.17, 15) is 9.59 Å². The predicted molar refractivity (Wildman–Crippen MR) is 115 cm³/mol. The van der Waals surface area contributed by atoms with E-state index in [1.54, 1.807) is 0 Å². The van der Waals surface area contributed by atoms with Gasteiger partial charge in [0.25, 0.3) is 0 Å². The zero-order chi connectivity index (χ0) is 20.9. The Morgan fingerprint density at radius 3 is 2.57 bits per heavy atom. The van der Waals surface area contributed by atoms with Crippen molar-refractivity contribution < 1.29 is 14.3 Å². The number of nitrogens with zero attached hydrogens (tertiary/aromatic N) is 3. The fourth-order valence-corrected chi connectivity index (χ4v) is 4.63.